The van der Waals surface area contributed by atoms with Crippen molar-refractivity contribution in [2.24, 2.45) is 0 Å². The summed E-state index contributed by atoms with van der Waals surface area (Å²) in [4.78, 5) is 29.4. The third-order valence-corrected chi connectivity index (χ3v) is 4.61. The average Bonchev–Trinajstić information content (AvgIpc) is 2.69. The highest BCUT2D eigenvalue weighted by atomic mass is 16.2. The largest absolute Gasteiger partial charge is 0.340 e. The predicted octanol–water partition coefficient (Wildman–Crippen LogP) is 0.987. The Labute approximate surface area is 135 Å². The molecule has 1 aliphatic rings. The van der Waals surface area contributed by atoms with E-state index in [0.29, 0.717) is 6.54 Å². The summed E-state index contributed by atoms with van der Waals surface area (Å²) in [7, 11) is 2.08. The maximum atomic E-state index is 12.7. The number of carbonyl (C=O) groups is 1. The maximum Gasteiger partial charge on any atom is 0.329 e. The van der Waals surface area contributed by atoms with Gasteiger partial charge in [-0.25, -0.2) is 4.79 Å². The van der Waals surface area contributed by atoms with Crippen LogP contribution >= 0.6 is 0 Å². The van der Waals surface area contributed by atoms with Crippen molar-refractivity contribution in [3.8, 4) is 0 Å². The van der Waals surface area contributed by atoms with E-state index >= 15 is 0 Å². The number of aryl methyl sites for hydroxylation is 1. The molecular formula is C17H24N4O2. The van der Waals surface area contributed by atoms with Crippen molar-refractivity contribution in [3.63, 3.8) is 0 Å². The second-order valence-electron chi connectivity index (χ2n) is 6.14. The van der Waals surface area contributed by atoms with Gasteiger partial charge in [-0.2, -0.15) is 0 Å². The number of hydrogen-bond acceptors (Lipinski definition) is 3. The summed E-state index contributed by atoms with van der Waals surface area (Å²) in [6.45, 7) is 6.08. The summed E-state index contributed by atoms with van der Waals surface area (Å²) in [5.74, 6) is 0.0291. The Hall–Kier alpha value is -2.08. The fraction of sp³-hybridized carbons (Fsp3) is 0.529. The van der Waals surface area contributed by atoms with Crippen LogP contribution in [-0.2, 0) is 17.9 Å². The molecule has 6 nitrogen and oxygen atoms in total. The van der Waals surface area contributed by atoms with Crippen LogP contribution in [0, 0.1) is 0 Å². The number of fused-ring (bicyclic) bond motifs is 1. The minimum absolute atomic E-state index is 0.0291. The van der Waals surface area contributed by atoms with Crippen LogP contribution in [0.25, 0.3) is 11.0 Å². The second kappa shape index (κ2) is 6.58. The lowest BCUT2D eigenvalue weighted by molar-refractivity contribution is -0.131. The number of aromatic nitrogens is 2. The lowest BCUT2D eigenvalue weighted by Gasteiger charge is -2.20. The van der Waals surface area contributed by atoms with Gasteiger partial charge in [-0.1, -0.05) is 12.1 Å². The molecule has 2 heterocycles. The highest BCUT2D eigenvalue weighted by Gasteiger charge is 2.20. The van der Waals surface area contributed by atoms with E-state index in [4.69, 9.17) is 0 Å². The molecule has 0 unspecified atom stereocenters. The standard InChI is InChI=1S/C17H24N4O2/c1-3-20-14-7-4-5-8-15(14)21(17(20)23)13-16(22)19-10-6-9-18(2)11-12-19/h4-5,7-8H,3,6,9-13H2,1-2H3. The van der Waals surface area contributed by atoms with Gasteiger partial charge in [-0.15, -0.1) is 0 Å². The SMILES string of the molecule is CCn1c(=O)n(CC(=O)N2CCCN(C)CC2)c2ccccc21. The number of likely N-dealkylation sites (N-methyl/N-ethyl adjacent to an activating group) is 1. The number of benzene rings is 1. The number of para-hydroxylation sites is 2. The molecule has 0 saturated carbocycles. The fourth-order valence-corrected chi connectivity index (χ4v) is 3.26. The molecule has 2 aromatic rings. The first-order valence-electron chi connectivity index (χ1n) is 8.26. The number of nitrogens with zero attached hydrogens (tertiary/aromatic N) is 4. The molecule has 6 heteroatoms. The van der Waals surface area contributed by atoms with Gasteiger partial charge in [0, 0.05) is 26.2 Å². The van der Waals surface area contributed by atoms with Crippen LogP contribution in [0.2, 0.25) is 0 Å². The molecular weight excluding hydrogens is 292 g/mol. The number of carbonyl (C=O) groups excluding carboxylic acids is 1. The predicted molar refractivity (Wildman–Crippen MR) is 90.6 cm³/mol. The molecule has 124 valence electrons. The Kier molecular flexibility index (Phi) is 4.52. The quantitative estimate of drug-likeness (QED) is 0.848. The molecule has 0 atom stereocenters. The molecule has 0 radical (unpaired) electrons. The molecule has 1 fully saturated rings. The molecule has 0 spiro atoms. The van der Waals surface area contributed by atoms with Crippen molar-refractivity contribution in [1.82, 2.24) is 18.9 Å². The molecule has 0 aliphatic carbocycles. The fourth-order valence-electron chi connectivity index (χ4n) is 3.26. The third-order valence-electron chi connectivity index (χ3n) is 4.61. The number of rotatable bonds is 3. The van der Waals surface area contributed by atoms with Gasteiger partial charge in [0.25, 0.3) is 0 Å². The first kappa shape index (κ1) is 15.8. The Morgan fingerprint density at radius 1 is 1.04 bits per heavy atom. The third kappa shape index (κ3) is 3.03. The summed E-state index contributed by atoms with van der Waals surface area (Å²) in [6, 6.07) is 7.67. The smallest absolute Gasteiger partial charge is 0.329 e. The van der Waals surface area contributed by atoms with E-state index in [1.54, 1.807) is 9.13 Å². The van der Waals surface area contributed by atoms with Gasteiger partial charge in [0.15, 0.2) is 0 Å². The van der Waals surface area contributed by atoms with Crippen molar-refractivity contribution in [2.75, 3.05) is 33.2 Å². The normalized spacial score (nSPS) is 16.7. The molecule has 1 saturated heterocycles. The summed E-state index contributed by atoms with van der Waals surface area (Å²) in [6.07, 6.45) is 0.980. The van der Waals surface area contributed by atoms with E-state index in [1.165, 1.54) is 0 Å². The zero-order chi connectivity index (χ0) is 16.4. The summed E-state index contributed by atoms with van der Waals surface area (Å²) in [5.41, 5.74) is 1.62. The summed E-state index contributed by atoms with van der Waals surface area (Å²) < 4.78 is 3.33. The molecule has 1 amide bonds. The molecule has 23 heavy (non-hydrogen) atoms. The maximum absolute atomic E-state index is 12.7. The van der Waals surface area contributed by atoms with Crippen molar-refractivity contribution in [1.29, 1.82) is 0 Å². The lowest BCUT2D eigenvalue weighted by Crippen LogP contribution is -2.38. The number of hydrogen-bond donors (Lipinski definition) is 0. The van der Waals surface area contributed by atoms with Crippen molar-refractivity contribution in [2.45, 2.75) is 26.4 Å². The molecule has 0 bridgehead atoms. The van der Waals surface area contributed by atoms with E-state index in [0.717, 1.165) is 43.6 Å². The Morgan fingerprint density at radius 2 is 1.74 bits per heavy atom. The first-order chi connectivity index (χ1) is 11.1. The van der Waals surface area contributed by atoms with Gasteiger partial charge in [-0.3, -0.25) is 13.9 Å². The van der Waals surface area contributed by atoms with E-state index in [-0.39, 0.29) is 18.1 Å². The number of amides is 1. The van der Waals surface area contributed by atoms with E-state index in [9.17, 15) is 9.59 Å². The molecule has 3 rings (SSSR count). The molecule has 0 N–H and O–H groups in total. The van der Waals surface area contributed by atoms with Crippen LogP contribution in [0.15, 0.2) is 29.1 Å². The van der Waals surface area contributed by atoms with Crippen LogP contribution < -0.4 is 5.69 Å². The highest BCUT2D eigenvalue weighted by Crippen LogP contribution is 2.13. The monoisotopic (exact) mass is 316 g/mol. The summed E-state index contributed by atoms with van der Waals surface area (Å²) >= 11 is 0. The van der Waals surface area contributed by atoms with Gasteiger partial charge in [0.2, 0.25) is 5.91 Å². The van der Waals surface area contributed by atoms with E-state index in [2.05, 4.69) is 11.9 Å². The van der Waals surface area contributed by atoms with Crippen LogP contribution in [0.4, 0.5) is 0 Å². The minimum atomic E-state index is -0.103. The first-order valence-corrected chi connectivity index (χ1v) is 8.26. The van der Waals surface area contributed by atoms with Gasteiger partial charge < -0.3 is 9.80 Å². The zero-order valence-electron chi connectivity index (χ0n) is 13.9. The number of imidazole rings is 1. The molecule has 1 aromatic heterocycles. The van der Waals surface area contributed by atoms with Crippen LogP contribution in [0.5, 0.6) is 0 Å². The van der Waals surface area contributed by atoms with Gasteiger partial charge >= 0.3 is 5.69 Å². The van der Waals surface area contributed by atoms with Crippen LogP contribution in [-0.4, -0.2) is 58.1 Å². The van der Waals surface area contributed by atoms with Crippen LogP contribution in [0.1, 0.15) is 13.3 Å². The van der Waals surface area contributed by atoms with E-state index < -0.39 is 0 Å². The van der Waals surface area contributed by atoms with E-state index in [1.807, 2.05) is 36.1 Å². The summed E-state index contributed by atoms with van der Waals surface area (Å²) in [5, 5.41) is 0. The van der Waals surface area contributed by atoms with Crippen molar-refractivity contribution in [3.05, 3.63) is 34.7 Å². The Balaban J connectivity index is 1.88. The average molecular weight is 316 g/mol. The van der Waals surface area contributed by atoms with Crippen molar-refractivity contribution < 1.29 is 4.79 Å². The molecule has 1 aliphatic heterocycles. The highest BCUT2D eigenvalue weighted by molar-refractivity contribution is 5.81. The van der Waals surface area contributed by atoms with Gasteiger partial charge in [0.05, 0.1) is 11.0 Å². The van der Waals surface area contributed by atoms with Crippen LogP contribution in [0.3, 0.4) is 0 Å². The Morgan fingerprint density at radius 3 is 2.43 bits per heavy atom. The molecule has 1 aromatic carbocycles. The second-order valence-corrected chi connectivity index (χ2v) is 6.14. The topological polar surface area (TPSA) is 50.5 Å². The zero-order valence-corrected chi connectivity index (χ0v) is 13.9. The van der Waals surface area contributed by atoms with Crippen molar-refractivity contribution >= 4 is 16.9 Å². The van der Waals surface area contributed by atoms with Gasteiger partial charge in [0.1, 0.15) is 6.54 Å². The minimum Gasteiger partial charge on any atom is -0.340 e. The Bertz CT molecular complexity index is 762. The van der Waals surface area contributed by atoms with Gasteiger partial charge in [-0.05, 0) is 39.1 Å². The lowest BCUT2D eigenvalue weighted by atomic mass is 10.3.